The van der Waals surface area contributed by atoms with Crippen molar-refractivity contribution < 1.29 is 4.74 Å². The average Bonchev–Trinajstić information content (AvgIpc) is 3.22. The van der Waals surface area contributed by atoms with E-state index in [0.717, 1.165) is 22.9 Å². The summed E-state index contributed by atoms with van der Waals surface area (Å²) >= 11 is 1.77. The van der Waals surface area contributed by atoms with Crippen LogP contribution in [0, 0.1) is 13.8 Å². The molecular formula is C22H23NOS. The molecule has 1 aliphatic rings. The smallest absolute Gasteiger partial charge is 0.123 e. The number of thiazole rings is 1. The topological polar surface area (TPSA) is 22.1 Å². The van der Waals surface area contributed by atoms with Crippen LogP contribution in [0.3, 0.4) is 0 Å². The van der Waals surface area contributed by atoms with Crippen LogP contribution in [-0.2, 0) is 19.3 Å². The van der Waals surface area contributed by atoms with Crippen molar-refractivity contribution in [2.45, 2.75) is 39.5 Å². The summed E-state index contributed by atoms with van der Waals surface area (Å²) in [5.74, 6) is 0.993. The highest BCUT2D eigenvalue weighted by molar-refractivity contribution is 7.15. The highest BCUT2D eigenvalue weighted by Crippen LogP contribution is 2.29. The number of nitrogens with zero attached hydrogens (tertiary/aromatic N) is 1. The number of aryl methyl sites for hydroxylation is 4. The van der Waals surface area contributed by atoms with E-state index in [1.165, 1.54) is 46.4 Å². The number of aromatic nitrogens is 1. The van der Waals surface area contributed by atoms with E-state index in [0.29, 0.717) is 6.61 Å². The van der Waals surface area contributed by atoms with Crippen molar-refractivity contribution in [1.82, 2.24) is 4.98 Å². The minimum Gasteiger partial charge on any atom is -0.493 e. The van der Waals surface area contributed by atoms with Crippen molar-refractivity contribution in [1.29, 1.82) is 0 Å². The minimum atomic E-state index is 0.677. The van der Waals surface area contributed by atoms with E-state index in [1.54, 1.807) is 11.3 Å². The lowest BCUT2D eigenvalue weighted by molar-refractivity contribution is 0.320. The fourth-order valence-electron chi connectivity index (χ4n) is 3.38. The molecule has 0 saturated heterocycles. The van der Waals surface area contributed by atoms with Crippen LogP contribution in [0.15, 0.2) is 42.5 Å². The highest BCUT2D eigenvalue weighted by Gasteiger charge is 2.12. The molecule has 0 bridgehead atoms. The Bertz CT molecular complexity index is 880. The number of hydrogen-bond donors (Lipinski definition) is 0. The highest BCUT2D eigenvalue weighted by atomic mass is 32.1. The van der Waals surface area contributed by atoms with Crippen molar-refractivity contribution in [3.8, 4) is 16.3 Å². The first-order valence-electron chi connectivity index (χ1n) is 8.97. The van der Waals surface area contributed by atoms with Gasteiger partial charge in [0.2, 0.25) is 0 Å². The Morgan fingerprint density at radius 3 is 2.64 bits per heavy atom. The van der Waals surface area contributed by atoms with Crippen LogP contribution in [0.4, 0.5) is 0 Å². The zero-order valence-corrected chi connectivity index (χ0v) is 15.7. The molecule has 0 unspecified atom stereocenters. The normalized spacial score (nSPS) is 13.0. The first-order valence-corrected chi connectivity index (χ1v) is 9.78. The van der Waals surface area contributed by atoms with E-state index in [-0.39, 0.29) is 0 Å². The third-order valence-corrected chi connectivity index (χ3v) is 5.93. The summed E-state index contributed by atoms with van der Waals surface area (Å²) in [6, 6.07) is 15.1. The Kier molecular flexibility index (Phi) is 4.58. The van der Waals surface area contributed by atoms with Gasteiger partial charge in [0.15, 0.2) is 0 Å². The van der Waals surface area contributed by atoms with E-state index in [4.69, 9.17) is 9.72 Å². The van der Waals surface area contributed by atoms with Crippen molar-refractivity contribution in [3.05, 3.63) is 69.7 Å². The van der Waals surface area contributed by atoms with Gasteiger partial charge >= 0.3 is 0 Å². The third kappa shape index (κ3) is 3.62. The van der Waals surface area contributed by atoms with Gasteiger partial charge in [-0.3, -0.25) is 0 Å². The molecule has 1 aromatic heterocycles. The SMILES string of the molecule is Cc1ccc(-c2nc(CCOc3ccc4c(c3)CCC4)c(C)s2)cc1. The first-order chi connectivity index (χ1) is 12.2. The number of rotatable bonds is 5. The Hall–Kier alpha value is -2.13. The lowest BCUT2D eigenvalue weighted by Gasteiger charge is -2.07. The van der Waals surface area contributed by atoms with Gasteiger partial charge in [-0.15, -0.1) is 11.3 Å². The molecule has 0 saturated carbocycles. The summed E-state index contributed by atoms with van der Waals surface area (Å²) in [5, 5.41) is 1.10. The molecule has 0 fully saturated rings. The lowest BCUT2D eigenvalue weighted by Crippen LogP contribution is -2.03. The van der Waals surface area contributed by atoms with E-state index in [2.05, 4.69) is 56.3 Å². The quantitative estimate of drug-likeness (QED) is 0.603. The van der Waals surface area contributed by atoms with Crippen LogP contribution in [0.5, 0.6) is 5.75 Å². The van der Waals surface area contributed by atoms with Crippen LogP contribution in [0.2, 0.25) is 0 Å². The molecule has 0 atom stereocenters. The number of fused-ring (bicyclic) bond motifs is 1. The Morgan fingerprint density at radius 2 is 1.80 bits per heavy atom. The summed E-state index contributed by atoms with van der Waals surface area (Å²) in [6.07, 6.45) is 4.54. The van der Waals surface area contributed by atoms with E-state index >= 15 is 0 Å². The summed E-state index contributed by atoms with van der Waals surface area (Å²) in [6.45, 7) is 4.94. The maximum absolute atomic E-state index is 5.99. The minimum absolute atomic E-state index is 0.677. The molecule has 128 valence electrons. The molecular weight excluding hydrogens is 326 g/mol. The maximum Gasteiger partial charge on any atom is 0.123 e. The molecule has 1 heterocycles. The van der Waals surface area contributed by atoms with Crippen molar-refractivity contribution in [3.63, 3.8) is 0 Å². The number of hydrogen-bond acceptors (Lipinski definition) is 3. The maximum atomic E-state index is 5.99. The van der Waals surface area contributed by atoms with Crippen LogP contribution in [0.25, 0.3) is 10.6 Å². The predicted molar refractivity (Wildman–Crippen MR) is 105 cm³/mol. The molecule has 1 aliphatic carbocycles. The monoisotopic (exact) mass is 349 g/mol. The average molecular weight is 349 g/mol. The molecule has 25 heavy (non-hydrogen) atoms. The van der Waals surface area contributed by atoms with Crippen LogP contribution >= 0.6 is 11.3 Å². The zero-order valence-electron chi connectivity index (χ0n) is 14.8. The van der Waals surface area contributed by atoms with Crippen molar-refractivity contribution >= 4 is 11.3 Å². The fourth-order valence-corrected chi connectivity index (χ4v) is 4.35. The second-order valence-corrected chi connectivity index (χ2v) is 7.97. The Labute approximate surface area is 153 Å². The van der Waals surface area contributed by atoms with Gasteiger partial charge in [-0.25, -0.2) is 4.98 Å². The first kappa shape index (κ1) is 16.3. The summed E-state index contributed by atoms with van der Waals surface area (Å²) in [7, 11) is 0. The van der Waals surface area contributed by atoms with Gasteiger partial charge in [-0.05, 0) is 56.4 Å². The summed E-state index contributed by atoms with van der Waals surface area (Å²) < 4.78 is 5.99. The molecule has 4 rings (SSSR count). The second kappa shape index (κ2) is 7.01. The van der Waals surface area contributed by atoms with E-state index in [1.807, 2.05) is 0 Å². The van der Waals surface area contributed by atoms with Crippen LogP contribution < -0.4 is 4.74 Å². The standard InChI is InChI=1S/C22H23NOS/c1-15-6-8-18(9-7-15)22-23-21(16(2)25-22)12-13-24-20-11-10-17-4-3-5-19(17)14-20/h6-11,14H,3-5,12-13H2,1-2H3. The Balaban J connectivity index is 1.40. The van der Waals surface area contributed by atoms with Crippen molar-refractivity contribution in [2.75, 3.05) is 6.61 Å². The van der Waals surface area contributed by atoms with Crippen LogP contribution in [-0.4, -0.2) is 11.6 Å². The summed E-state index contributed by atoms with van der Waals surface area (Å²) in [5.41, 5.74) is 6.58. The second-order valence-electron chi connectivity index (χ2n) is 6.77. The fraction of sp³-hybridized carbons (Fsp3) is 0.318. The van der Waals surface area contributed by atoms with Gasteiger partial charge in [-0.1, -0.05) is 35.9 Å². The van der Waals surface area contributed by atoms with Gasteiger partial charge in [0, 0.05) is 16.9 Å². The van der Waals surface area contributed by atoms with Crippen LogP contribution in [0.1, 0.15) is 33.7 Å². The molecule has 3 aromatic rings. The number of benzene rings is 2. The molecule has 0 aliphatic heterocycles. The molecule has 3 heteroatoms. The lowest BCUT2D eigenvalue weighted by atomic mass is 10.1. The molecule has 0 N–H and O–H groups in total. The molecule has 0 amide bonds. The van der Waals surface area contributed by atoms with Crippen molar-refractivity contribution in [2.24, 2.45) is 0 Å². The molecule has 2 nitrogen and oxygen atoms in total. The molecule has 0 spiro atoms. The largest absolute Gasteiger partial charge is 0.493 e. The molecule has 0 radical (unpaired) electrons. The summed E-state index contributed by atoms with van der Waals surface area (Å²) in [4.78, 5) is 6.12. The predicted octanol–water partition coefficient (Wildman–Crippen LogP) is 5.54. The Morgan fingerprint density at radius 1 is 1.00 bits per heavy atom. The number of ether oxygens (including phenoxy) is 1. The van der Waals surface area contributed by atoms with Gasteiger partial charge < -0.3 is 4.74 Å². The van der Waals surface area contributed by atoms with Gasteiger partial charge in [-0.2, -0.15) is 0 Å². The third-order valence-electron chi connectivity index (χ3n) is 4.87. The molecule has 2 aromatic carbocycles. The zero-order chi connectivity index (χ0) is 17.2. The van der Waals surface area contributed by atoms with Gasteiger partial charge in [0.05, 0.1) is 12.3 Å². The van der Waals surface area contributed by atoms with Gasteiger partial charge in [0.25, 0.3) is 0 Å². The van der Waals surface area contributed by atoms with E-state index in [9.17, 15) is 0 Å². The van der Waals surface area contributed by atoms with E-state index < -0.39 is 0 Å². The van der Waals surface area contributed by atoms with Gasteiger partial charge in [0.1, 0.15) is 10.8 Å².